The van der Waals surface area contributed by atoms with E-state index in [0.29, 0.717) is 6.04 Å². The summed E-state index contributed by atoms with van der Waals surface area (Å²) in [6, 6.07) is 0.545. The Morgan fingerprint density at radius 3 is 1.88 bits per heavy atom. The molecule has 2 unspecified atom stereocenters. The van der Waals surface area contributed by atoms with Crippen molar-refractivity contribution < 1.29 is 0 Å². The second-order valence-corrected chi connectivity index (χ2v) is 6.40. The molecule has 3 heteroatoms. The van der Waals surface area contributed by atoms with E-state index in [1.807, 2.05) is 7.05 Å². The van der Waals surface area contributed by atoms with E-state index >= 15 is 0 Å². The van der Waals surface area contributed by atoms with Crippen LogP contribution < -0.4 is 10.6 Å². The first kappa shape index (κ1) is 14.7. The van der Waals surface area contributed by atoms with Crippen LogP contribution in [0.15, 0.2) is 0 Å². The molecule has 2 nitrogen and oxygen atoms in total. The van der Waals surface area contributed by atoms with Gasteiger partial charge in [0.15, 0.2) is 5.11 Å². The van der Waals surface area contributed by atoms with Crippen molar-refractivity contribution in [1.29, 1.82) is 0 Å². The summed E-state index contributed by atoms with van der Waals surface area (Å²) >= 11 is 5.29. The fourth-order valence-corrected chi connectivity index (χ4v) is 3.34. The molecule has 1 saturated carbocycles. The highest BCUT2D eigenvalue weighted by Crippen LogP contribution is 2.37. The van der Waals surface area contributed by atoms with Crippen LogP contribution >= 0.6 is 12.2 Å². The molecule has 0 bridgehead atoms. The van der Waals surface area contributed by atoms with Gasteiger partial charge in [-0.3, -0.25) is 0 Å². The van der Waals surface area contributed by atoms with Gasteiger partial charge in [0, 0.05) is 13.1 Å². The minimum atomic E-state index is 0.545. The van der Waals surface area contributed by atoms with Crippen molar-refractivity contribution in [2.75, 3.05) is 7.05 Å². The van der Waals surface area contributed by atoms with Gasteiger partial charge in [0.05, 0.1) is 0 Å². The SMILES string of the molecule is CNC(=S)NC1C(C(C)C)CCCC1C(C)C. The lowest BCUT2D eigenvalue weighted by atomic mass is 9.68. The molecule has 0 amide bonds. The third-order valence-corrected chi connectivity index (χ3v) is 4.56. The Morgan fingerprint density at radius 1 is 1.06 bits per heavy atom. The van der Waals surface area contributed by atoms with Gasteiger partial charge in [0.25, 0.3) is 0 Å². The quantitative estimate of drug-likeness (QED) is 0.758. The molecule has 100 valence electrons. The number of nitrogens with one attached hydrogen (secondary N) is 2. The monoisotopic (exact) mass is 256 g/mol. The second-order valence-electron chi connectivity index (χ2n) is 6.00. The van der Waals surface area contributed by atoms with Crippen molar-refractivity contribution >= 4 is 17.3 Å². The third-order valence-electron chi connectivity index (χ3n) is 4.23. The van der Waals surface area contributed by atoms with Crippen molar-refractivity contribution in [3.8, 4) is 0 Å². The lowest BCUT2D eigenvalue weighted by molar-refractivity contribution is 0.127. The van der Waals surface area contributed by atoms with Crippen LogP contribution in [0.2, 0.25) is 0 Å². The topological polar surface area (TPSA) is 24.1 Å². The Kier molecular flexibility index (Phi) is 5.71. The minimum Gasteiger partial charge on any atom is -0.366 e. The normalized spacial score (nSPS) is 29.5. The minimum absolute atomic E-state index is 0.545. The van der Waals surface area contributed by atoms with E-state index in [9.17, 15) is 0 Å². The molecule has 1 fully saturated rings. The molecule has 0 saturated heterocycles. The van der Waals surface area contributed by atoms with Gasteiger partial charge in [0.1, 0.15) is 0 Å². The zero-order valence-electron chi connectivity index (χ0n) is 11.9. The summed E-state index contributed by atoms with van der Waals surface area (Å²) in [5.41, 5.74) is 0. The molecule has 0 radical (unpaired) electrons. The van der Waals surface area contributed by atoms with E-state index in [0.717, 1.165) is 28.8 Å². The molecule has 1 aliphatic rings. The van der Waals surface area contributed by atoms with E-state index in [-0.39, 0.29) is 0 Å². The average Bonchev–Trinajstić information content (AvgIpc) is 2.28. The smallest absolute Gasteiger partial charge is 0.166 e. The van der Waals surface area contributed by atoms with Crippen molar-refractivity contribution in [3.63, 3.8) is 0 Å². The molecule has 1 aliphatic carbocycles. The van der Waals surface area contributed by atoms with Crippen molar-refractivity contribution in [3.05, 3.63) is 0 Å². The Bertz CT molecular complexity index is 235. The largest absolute Gasteiger partial charge is 0.366 e. The molecule has 2 atom stereocenters. The predicted molar refractivity (Wildman–Crippen MR) is 79.1 cm³/mol. The van der Waals surface area contributed by atoms with Gasteiger partial charge < -0.3 is 10.6 Å². The first-order valence-corrected chi connectivity index (χ1v) is 7.36. The molecule has 0 aromatic heterocycles. The van der Waals surface area contributed by atoms with Crippen molar-refractivity contribution in [2.45, 2.75) is 53.0 Å². The third kappa shape index (κ3) is 3.84. The highest BCUT2D eigenvalue weighted by molar-refractivity contribution is 7.80. The van der Waals surface area contributed by atoms with Gasteiger partial charge in [-0.1, -0.05) is 34.1 Å². The van der Waals surface area contributed by atoms with Crippen LogP contribution in [-0.2, 0) is 0 Å². The van der Waals surface area contributed by atoms with E-state index in [1.165, 1.54) is 19.3 Å². The first-order chi connectivity index (χ1) is 7.97. The molecule has 1 rings (SSSR count). The molecule has 2 N–H and O–H groups in total. The number of rotatable bonds is 3. The predicted octanol–water partition coefficient (Wildman–Crippen LogP) is 3.18. The highest BCUT2D eigenvalue weighted by atomic mass is 32.1. The maximum atomic E-state index is 5.29. The number of thiocarbonyl (C=S) groups is 1. The van der Waals surface area contributed by atoms with Gasteiger partial charge in [-0.15, -0.1) is 0 Å². The maximum Gasteiger partial charge on any atom is 0.166 e. The van der Waals surface area contributed by atoms with Crippen LogP contribution in [0.1, 0.15) is 47.0 Å². The zero-order valence-corrected chi connectivity index (χ0v) is 12.7. The van der Waals surface area contributed by atoms with Gasteiger partial charge >= 0.3 is 0 Å². The van der Waals surface area contributed by atoms with Crippen LogP contribution in [0.4, 0.5) is 0 Å². The van der Waals surface area contributed by atoms with Gasteiger partial charge in [0.2, 0.25) is 0 Å². The first-order valence-electron chi connectivity index (χ1n) is 6.95. The van der Waals surface area contributed by atoms with Crippen LogP contribution in [0.3, 0.4) is 0 Å². The Hall–Kier alpha value is -0.310. The summed E-state index contributed by atoms with van der Waals surface area (Å²) in [5, 5.41) is 7.40. The lowest BCUT2D eigenvalue weighted by Crippen LogP contribution is -2.52. The average molecular weight is 256 g/mol. The van der Waals surface area contributed by atoms with Crippen LogP contribution in [0.25, 0.3) is 0 Å². The molecular weight excluding hydrogens is 228 g/mol. The van der Waals surface area contributed by atoms with Crippen molar-refractivity contribution in [1.82, 2.24) is 10.6 Å². The van der Waals surface area contributed by atoms with Gasteiger partial charge in [-0.05, 0) is 48.7 Å². The molecular formula is C14H28N2S. The van der Waals surface area contributed by atoms with Crippen LogP contribution in [0, 0.1) is 23.7 Å². The van der Waals surface area contributed by atoms with E-state index < -0.39 is 0 Å². The maximum absolute atomic E-state index is 5.29. The fourth-order valence-electron chi connectivity index (χ4n) is 3.20. The van der Waals surface area contributed by atoms with Gasteiger partial charge in [-0.25, -0.2) is 0 Å². The van der Waals surface area contributed by atoms with Crippen LogP contribution in [0.5, 0.6) is 0 Å². The Labute approximate surface area is 112 Å². The van der Waals surface area contributed by atoms with Crippen LogP contribution in [-0.4, -0.2) is 18.2 Å². The standard InChI is InChI=1S/C14H28N2S/c1-9(2)11-7-6-8-12(10(3)4)13(11)16-14(17)15-5/h9-13H,6-8H2,1-5H3,(H2,15,16,17). The zero-order chi connectivity index (χ0) is 13.0. The second kappa shape index (κ2) is 6.58. The summed E-state index contributed by atoms with van der Waals surface area (Å²) in [6.07, 6.45) is 4.05. The molecule has 17 heavy (non-hydrogen) atoms. The summed E-state index contributed by atoms with van der Waals surface area (Å²) in [7, 11) is 1.90. The fraction of sp³-hybridized carbons (Fsp3) is 0.929. The van der Waals surface area contributed by atoms with Crippen molar-refractivity contribution in [2.24, 2.45) is 23.7 Å². The molecule has 0 aromatic rings. The molecule has 0 heterocycles. The summed E-state index contributed by atoms with van der Waals surface area (Å²) in [6.45, 7) is 9.35. The highest BCUT2D eigenvalue weighted by Gasteiger charge is 2.36. The van der Waals surface area contributed by atoms with E-state index in [2.05, 4.69) is 38.3 Å². The Balaban J connectivity index is 2.79. The molecule has 0 aromatic carbocycles. The van der Waals surface area contributed by atoms with Gasteiger partial charge in [-0.2, -0.15) is 0 Å². The molecule has 0 spiro atoms. The lowest BCUT2D eigenvalue weighted by Gasteiger charge is -2.43. The Morgan fingerprint density at radius 2 is 1.53 bits per heavy atom. The van der Waals surface area contributed by atoms with E-state index in [1.54, 1.807) is 0 Å². The summed E-state index contributed by atoms with van der Waals surface area (Å²) < 4.78 is 0. The summed E-state index contributed by atoms with van der Waals surface area (Å²) in [5.74, 6) is 2.97. The number of hydrogen-bond donors (Lipinski definition) is 2. The molecule has 0 aliphatic heterocycles. The van der Waals surface area contributed by atoms with E-state index in [4.69, 9.17) is 12.2 Å². The number of hydrogen-bond acceptors (Lipinski definition) is 1. The summed E-state index contributed by atoms with van der Waals surface area (Å²) in [4.78, 5) is 0.